The summed E-state index contributed by atoms with van der Waals surface area (Å²) in [7, 11) is 0. The van der Waals surface area contributed by atoms with E-state index in [1.165, 1.54) is 34.6 Å². The molecule has 4 rings (SSSR count). The molecule has 0 aromatic rings. The smallest absolute Gasteiger partial charge is 0.00535 e. The van der Waals surface area contributed by atoms with E-state index >= 15 is 0 Å². The molecule has 0 nitrogen and oxygen atoms in total. The van der Waals surface area contributed by atoms with Gasteiger partial charge >= 0.3 is 0 Å². The van der Waals surface area contributed by atoms with Gasteiger partial charge in [-0.1, -0.05) is 73.4 Å². The lowest BCUT2D eigenvalue weighted by molar-refractivity contribution is 0.172. The maximum Gasteiger partial charge on any atom is 0.00535 e. The Balaban J connectivity index is 1.92. The van der Waals surface area contributed by atoms with Crippen LogP contribution in [0.5, 0.6) is 0 Å². The summed E-state index contributed by atoms with van der Waals surface area (Å²) in [6, 6.07) is 0. The molecule has 0 radical (unpaired) electrons. The third kappa shape index (κ3) is 1.39. The van der Waals surface area contributed by atoms with E-state index < -0.39 is 0 Å². The number of halogens is 2. The Hall–Kier alpha value is 0.440. The molecule has 2 fully saturated rings. The second-order valence-electron chi connectivity index (χ2n) is 9.75. The Bertz CT molecular complexity index is 580. The largest absolute Gasteiger partial charge is 0.0585 e. The van der Waals surface area contributed by atoms with E-state index in [4.69, 9.17) is 0 Å². The van der Waals surface area contributed by atoms with Crippen LogP contribution in [0, 0.1) is 33.5 Å². The van der Waals surface area contributed by atoms with Gasteiger partial charge in [0.05, 0.1) is 0 Å². The van der Waals surface area contributed by atoms with Crippen LogP contribution >= 0.6 is 31.9 Å². The molecular formula is C20H28Br2. The highest BCUT2D eigenvalue weighted by Crippen LogP contribution is 2.76. The van der Waals surface area contributed by atoms with Gasteiger partial charge in [-0.3, -0.25) is 0 Å². The van der Waals surface area contributed by atoms with Crippen LogP contribution < -0.4 is 0 Å². The predicted molar refractivity (Wildman–Crippen MR) is 101 cm³/mol. The van der Waals surface area contributed by atoms with E-state index in [9.17, 15) is 0 Å². The van der Waals surface area contributed by atoms with Gasteiger partial charge in [-0.15, -0.1) is 0 Å². The molecule has 4 atom stereocenters. The SMILES string of the molecule is CC1(C)[C@@H]2CC[C@]1(C)C(Br)=C2C1=C(Br)[C@@]2(C)CC[C@H]1C2(C)C. The lowest BCUT2D eigenvalue weighted by Crippen LogP contribution is -2.29. The molecule has 4 aliphatic rings. The van der Waals surface area contributed by atoms with Crippen molar-refractivity contribution in [2.75, 3.05) is 0 Å². The average molecular weight is 428 g/mol. The zero-order valence-electron chi connectivity index (χ0n) is 14.7. The lowest BCUT2D eigenvalue weighted by atomic mass is 9.69. The molecule has 0 unspecified atom stereocenters. The summed E-state index contributed by atoms with van der Waals surface area (Å²) in [5, 5.41) is 0. The quantitative estimate of drug-likeness (QED) is 0.415. The molecular weight excluding hydrogens is 400 g/mol. The van der Waals surface area contributed by atoms with Gasteiger partial charge in [0.2, 0.25) is 0 Å². The Morgan fingerprint density at radius 1 is 0.682 bits per heavy atom. The third-order valence-electron chi connectivity index (χ3n) is 8.88. The van der Waals surface area contributed by atoms with Crippen molar-refractivity contribution in [2.45, 2.75) is 67.2 Å². The molecule has 0 amide bonds. The monoisotopic (exact) mass is 426 g/mol. The first-order valence-electron chi connectivity index (χ1n) is 8.81. The van der Waals surface area contributed by atoms with E-state index in [-0.39, 0.29) is 0 Å². The number of hydrogen-bond donors (Lipinski definition) is 0. The molecule has 0 aromatic carbocycles. The molecule has 0 saturated heterocycles. The summed E-state index contributed by atoms with van der Waals surface area (Å²) in [6.07, 6.45) is 5.40. The van der Waals surface area contributed by atoms with Crippen molar-refractivity contribution < 1.29 is 0 Å². The normalized spacial score (nSPS) is 48.0. The van der Waals surface area contributed by atoms with Crippen LogP contribution in [0.15, 0.2) is 20.1 Å². The van der Waals surface area contributed by atoms with Crippen LogP contribution in [0.2, 0.25) is 0 Å². The molecule has 0 heterocycles. The Kier molecular flexibility index (Phi) is 3.01. The van der Waals surface area contributed by atoms with Crippen LogP contribution in [0.4, 0.5) is 0 Å². The van der Waals surface area contributed by atoms with E-state index in [1.807, 2.05) is 0 Å². The van der Waals surface area contributed by atoms with Gasteiger partial charge in [-0.2, -0.15) is 0 Å². The van der Waals surface area contributed by atoms with Crippen LogP contribution in [0.3, 0.4) is 0 Å². The van der Waals surface area contributed by atoms with Crippen molar-refractivity contribution in [1.82, 2.24) is 0 Å². The third-order valence-corrected chi connectivity index (χ3v) is 11.5. The molecule has 0 aromatic heterocycles. The van der Waals surface area contributed by atoms with Crippen molar-refractivity contribution in [1.29, 1.82) is 0 Å². The van der Waals surface area contributed by atoms with E-state index in [1.54, 1.807) is 11.1 Å². The summed E-state index contributed by atoms with van der Waals surface area (Å²) >= 11 is 8.16. The Labute approximate surface area is 152 Å². The van der Waals surface area contributed by atoms with E-state index in [2.05, 4.69) is 73.4 Å². The molecule has 0 spiro atoms. The van der Waals surface area contributed by atoms with Gasteiger partial charge in [0.15, 0.2) is 0 Å². The summed E-state index contributed by atoms with van der Waals surface area (Å²) in [5.74, 6) is 1.46. The van der Waals surface area contributed by atoms with Crippen LogP contribution in [0.25, 0.3) is 0 Å². The fourth-order valence-electron chi connectivity index (χ4n) is 6.31. The predicted octanol–water partition coefficient (Wildman–Crippen LogP) is 7.20. The van der Waals surface area contributed by atoms with Crippen LogP contribution in [-0.4, -0.2) is 0 Å². The minimum atomic E-state index is 0.333. The van der Waals surface area contributed by atoms with Crippen LogP contribution in [0.1, 0.15) is 67.2 Å². The van der Waals surface area contributed by atoms with Crippen molar-refractivity contribution in [3.8, 4) is 0 Å². The molecule has 22 heavy (non-hydrogen) atoms. The molecule has 0 aliphatic heterocycles. The van der Waals surface area contributed by atoms with Crippen molar-refractivity contribution in [3.63, 3.8) is 0 Å². The second-order valence-corrected chi connectivity index (χ2v) is 11.3. The molecule has 4 aliphatic carbocycles. The minimum absolute atomic E-state index is 0.333. The number of hydrogen-bond acceptors (Lipinski definition) is 0. The molecule has 2 saturated carbocycles. The summed E-state index contributed by atoms with van der Waals surface area (Å²) in [5.41, 5.74) is 4.81. The topological polar surface area (TPSA) is 0 Å². The molecule has 4 bridgehead atoms. The fraction of sp³-hybridized carbons (Fsp3) is 0.800. The Morgan fingerprint density at radius 3 is 1.23 bits per heavy atom. The number of fused-ring (bicyclic) bond motifs is 4. The minimum Gasteiger partial charge on any atom is -0.0585 e. The maximum atomic E-state index is 4.08. The molecule has 122 valence electrons. The van der Waals surface area contributed by atoms with Gasteiger partial charge in [-0.25, -0.2) is 0 Å². The maximum absolute atomic E-state index is 4.08. The summed E-state index contributed by atoms with van der Waals surface area (Å²) in [6.45, 7) is 14.9. The first-order chi connectivity index (χ1) is 10.00. The van der Waals surface area contributed by atoms with E-state index in [0.717, 1.165) is 11.8 Å². The van der Waals surface area contributed by atoms with Crippen molar-refractivity contribution in [3.05, 3.63) is 20.1 Å². The van der Waals surface area contributed by atoms with Crippen molar-refractivity contribution in [2.24, 2.45) is 33.5 Å². The Morgan fingerprint density at radius 2 is 1.00 bits per heavy atom. The second kappa shape index (κ2) is 4.15. The highest BCUT2D eigenvalue weighted by Gasteiger charge is 2.66. The molecule has 2 heteroatoms. The van der Waals surface area contributed by atoms with Crippen molar-refractivity contribution >= 4 is 31.9 Å². The van der Waals surface area contributed by atoms with Gasteiger partial charge in [0, 0.05) is 19.8 Å². The standard InChI is InChI=1S/C20H28Br2/c1-17(2)11-7-9-19(17,5)15(21)13(11)14-12-8-10-20(6,16(14)22)18(12,3)4/h11-12H,7-10H2,1-6H3/t11-,12-,19-,20-/m1/s1. The highest BCUT2D eigenvalue weighted by molar-refractivity contribution is 9.12. The van der Waals surface area contributed by atoms with Crippen LogP contribution in [-0.2, 0) is 0 Å². The first kappa shape index (κ1) is 15.9. The van der Waals surface area contributed by atoms with Gasteiger partial charge in [0.25, 0.3) is 0 Å². The van der Waals surface area contributed by atoms with E-state index in [0.29, 0.717) is 21.7 Å². The van der Waals surface area contributed by atoms with Gasteiger partial charge in [0.1, 0.15) is 0 Å². The number of rotatable bonds is 1. The average Bonchev–Trinajstić information content (AvgIpc) is 2.90. The number of allylic oxidation sites excluding steroid dienone is 4. The lowest BCUT2D eigenvalue weighted by Gasteiger charge is -2.35. The van der Waals surface area contributed by atoms with Gasteiger partial charge in [-0.05, 0) is 59.5 Å². The highest BCUT2D eigenvalue weighted by atomic mass is 79.9. The first-order valence-corrected chi connectivity index (χ1v) is 10.4. The summed E-state index contributed by atoms with van der Waals surface area (Å²) < 4.78 is 3.06. The fourth-order valence-corrected chi connectivity index (χ4v) is 8.71. The summed E-state index contributed by atoms with van der Waals surface area (Å²) in [4.78, 5) is 0. The molecule has 0 N–H and O–H groups in total. The zero-order chi connectivity index (χ0) is 16.3. The zero-order valence-corrected chi connectivity index (χ0v) is 17.9. The van der Waals surface area contributed by atoms with Gasteiger partial charge < -0.3 is 0 Å².